The molecule has 2 N–H and O–H groups in total. The number of fused-ring (bicyclic) bond motifs is 1. The summed E-state index contributed by atoms with van der Waals surface area (Å²) in [6.45, 7) is 1.04. The van der Waals surface area contributed by atoms with E-state index in [1.54, 1.807) is 18.2 Å². The van der Waals surface area contributed by atoms with Gasteiger partial charge in [0.25, 0.3) is 0 Å². The van der Waals surface area contributed by atoms with Crippen molar-refractivity contribution in [3.63, 3.8) is 0 Å². The van der Waals surface area contributed by atoms with Crippen molar-refractivity contribution in [1.82, 2.24) is 9.29 Å². The summed E-state index contributed by atoms with van der Waals surface area (Å²) in [7, 11) is -3.67. The number of carboxylic acid groups (broad SMARTS) is 1. The molecule has 0 unspecified atom stereocenters. The lowest BCUT2D eigenvalue weighted by molar-refractivity contribution is 0.0688. The molecule has 188 valence electrons. The molecule has 0 saturated carbocycles. The number of aromatic carboxylic acids is 1. The summed E-state index contributed by atoms with van der Waals surface area (Å²) in [5.41, 5.74) is -0.860. The van der Waals surface area contributed by atoms with Crippen molar-refractivity contribution in [2.75, 3.05) is 13.2 Å². The zero-order valence-electron chi connectivity index (χ0n) is 19.4. The Morgan fingerprint density at radius 1 is 1.03 bits per heavy atom. The second-order valence-electron chi connectivity index (χ2n) is 8.21. The van der Waals surface area contributed by atoms with Crippen molar-refractivity contribution >= 4 is 26.9 Å². The highest BCUT2D eigenvalue weighted by atomic mass is 32.2. The normalized spacial score (nSPS) is 11.7. The Kier molecular flexibility index (Phi) is 8.74. The third-order valence-corrected chi connectivity index (χ3v) is 7.27. The van der Waals surface area contributed by atoms with Crippen LogP contribution in [0.1, 0.15) is 49.4 Å². The molecule has 3 aromatic rings. The van der Waals surface area contributed by atoms with Gasteiger partial charge in [-0.25, -0.2) is 22.3 Å². The second-order valence-corrected chi connectivity index (χ2v) is 9.98. The van der Waals surface area contributed by atoms with Crippen LogP contribution in [0.25, 0.3) is 22.0 Å². The van der Waals surface area contributed by atoms with Crippen LogP contribution in [0, 0.1) is 5.95 Å². The monoisotopic (exact) mass is 506 g/mol. The molecule has 0 aliphatic carbocycles. The average Bonchev–Trinajstić information content (AvgIpc) is 2.83. The number of hydrogen-bond acceptors (Lipinski definition) is 4. The zero-order chi connectivity index (χ0) is 25.6. The van der Waals surface area contributed by atoms with Crippen molar-refractivity contribution in [3.05, 3.63) is 64.2 Å². The number of rotatable bonds is 12. The molecule has 0 amide bonds. The van der Waals surface area contributed by atoms with E-state index >= 15 is 0 Å². The van der Waals surface area contributed by atoms with Gasteiger partial charge in [0, 0.05) is 11.9 Å². The summed E-state index contributed by atoms with van der Waals surface area (Å²) in [5, 5.41) is 9.17. The molecule has 2 aromatic carbocycles. The van der Waals surface area contributed by atoms with Crippen LogP contribution in [-0.4, -0.2) is 37.3 Å². The molecule has 0 radical (unpaired) electrons. The number of benzene rings is 2. The number of nitrogens with zero attached hydrogens (tertiary/aromatic N) is 1. The molecule has 1 aromatic heterocycles. The van der Waals surface area contributed by atoms with Crippen LogP contribution >= 0.6 is 0 Å². The largest absolute Gasteiger partial charge is 0.477 e. The van der Waals surface area contributed by atoms with Crippen LogP contribution in [0.3, 0.4) is 0 Å². The first-order valence-corrected chi connectivity index (χ1v) is 12.9. The van der Waals surface area contributed by atoms with Crippen LogP contribution in [0.2, 0.25) is 0 Å². The van der Waals surface area contributed by atoms with Crippen LogP contribution in [0.5, 0.6) is 0 Å². The van der Waals surface area contributed by atoms with Gasteiger partial charge in [0.1, 0.15) is 6.67 Å². The third-order valence-electron chi connectivity index (χ3n) is 5.80. The minimum atomic E-state index is -3.67. The predicted octanol–water partition coefficient (Wildman–Crippen LogP) is 4.72. The van der Waals surface area contributed by atoms with Gasteiger partial charge in [0.05, 0.1) is 17.0 Å². The lowest BCUT2D eigenvalue weighted by atomic mass is 10.0. The van der Waals surface area contributed by atoms with Crippen molar-refractivity contribution in [3.8, 4) is 11.1 Å². The highest BCUT2D eigenvalue weighted by Gasteiger charge is 2.22. The molecule has 7 nitrogen and oxygen atoms in total. The number of sulfonamides is 1. The quantitative estimate of drug-likeness (QED) is 0.273. The Labute approximate surface area is 202 Å². The number of alkyl halides is 1. The first-order chi connectivity index (χ1) is 16.7. The number of carboxylic acids is 1. The van der Waals surface area contributed by atoms with E-state index in [-0.39, 0.29) is 15.8 Å². The van der Waals surface area contributed by atoms with E-state index in [0.717, 1.165) is 36.7 Å². The number of pyridine rings is 1. The number of carbonyl (C=O) groups is 1. The van der Waals surface area contributed by atoms with E-state index in [1.807, 2.05) is 0 Å². The second kappa shape index (κ2) is 11.5. The van der Waals surface area contributed by atoms with Crippen molar-refractivity contribution < 1.29 is 27.1 Å². The van der Waals surface area contributed by atoms with Gasteiger partial charge in [-0.1, -0.05) is 50.8 Å². The Hall–Kier alpha value is -3.11. The van der Waals surface area contributed by atoms with Gasteiger partial charge in [0.15, 0.2) is 5.56 Å². The first kappa shape index (κ1) is 26.5. The van der Waals surface area contributed by atoms with Gasteiger partial charge in [-0.2, -0.15) is 4.39 Å². The molecule has 0 aliphatic rings. The molecule has 0 bridgehead atoms. The van der Waals surface area contributed by atoms with Crippen molar-refractivity contribution in [2.24, 2.45) is 0 Å². The van der Waals surface area contributed by atoms with Gasteiger partial charge in [0.2, 0.25) is 21.4 Å². The van der Waals surface area contributed by atoms with E-state index in [0.29, 0.717) is 17.7 Å². The van der Waals surface area contributed by atoms with Gasteiger partial charge in [-0.05, 0) is 41.8 Å². The Balaban J connectivity index is 1.89. The van der Waals surface area contributed by atoms with E-state index < -0.39 is 46.2 Å². The summed E-state index contributed by atoms with van der Waals surface area (Å²) < 4.78 is 56.4. The number of nitrogens with one attached hydrogen (secondary N) is 1. The molecular formula is C25H28F2N2O5S. The van der Waals surface area contributed by atoms with E-state index in [2.05, 4.69) is 11.6 Å². The summed E-state index contributed by atoms with van der Waals surface area (Å²) in [6.07, 6.45) is 5.02. The van der Waals surface area contributed by atoms with Crippen LogP contribution in [0.4, 0.5) is 8.78 Å². The molecular weight excluding hydrogens is 478 g/mol. The highest BCUT2D eigenvalue weighted by molar-refractivity contribution is 7.89. The molecule has 0 fully saturated rings. The number of aryl methyl sites for hydroxylation is 1. The Bertz CT molecular complexity index is 1370. The summed E-state index contributed by atoms with van der Waals surface area (Å²) in [5.74, 6) is -3.04. The Morgan fingerprint density at radius 3 is 2.31 bits per heavy atom. The fourth-order valence-electron chi connectivity index (χ4n) is 3.93. The van der Waals surface area contributed by atoms with Crippen LogP contribution in [0.15, 0.2) is 52.2 Å². The van der Waals surface area contributed by atoms with Gasteiger partial charge in [-0.15, -0.1) is 0 Å². The average molecular weight is 507 g/mol. The maximum absolute atomic E-state index is 14.7. The third kappa shape index (κ3) is 5.94. The predicted molar refractivity (Wildman–Crippen MR) is 130 cm³/mol. The molecule has 10 heteroatoms. The molecule has 3 rings (SSSR count). The lowest BCUT2D eigenvalue weighted by Gasteiger charge is -2.14. The van der Waals surface area contributed by atoms with E-state index in [1.165, 1.54) is 24.3 Å². The van der Waals surface area contributed by atoms with E-state index in [4.69, 9.17) is 0 Å². The van der Waals surface area contributed by atoms with Gasteiger partial charge < -0.3 is 9.67 Å². The number of hydrogen-bond donors (Lipinski definition) is 2. The summed E-state index contributed by atoms with van der Waals surface area (Å²) in [6, 6.07) is 10.4. The van der Waals surface area contributed by atoms with Crippen LogP contribution in [-0.2, 0) is 16.6 Å². The molecule has 1 heterocycles. The minimum absolute atomic E-state index is 0.0501. The van der Waals surface area contributed by atoms with Gasteiger partial charge >= 0.3 is 5.97 Å². The highest BCUT2D eigenvalue weighted by Crippen LogP contribution is 2.26. The fraction of sp³-hybridized carbons (Fsp3) is 0.360. The zero-order valence-corrected chi connectivity index (χ0v) is 20.2. The number of unbranched alkanes of at least 4 members (excludes halogenated alkanes) is 4. The maximum Gasteiger partial charge on any atom is 0.344 e. The standard InChI is InChI=1S/C25H28F2N2O5S/c1-2-3-4-5-6-14-28-35(33,34)19-10-7-17(8-11-19)18-9-12-20-21(16-18)29(15-13-26)24(27)22(23(20)30)25(31)32/h7-12,16,28H,2-6,13-15H2,1H3,(H,31,32). The summed E-state index contributed by atoms with van der Waals surface area (Å²) in [4.78, 5) is 24.0. The Morgan fingerprint density at radius 2 is 1.69 bits per heavy atom. The number of aromatic nitrogens is 1. The summed E-state index contributed by atoms with van der Waals surface area (Å²) >= 11 is 0. The number of halogens is 2. The van der Waals surface area contributed by atoms with E-state index in [9.17, 15) is 31.9 Å². The smallest absolute Gasteiger partial charge is 0.344 e. The first-order valence-electron chi connectivity index (χ1n) is 11.5. The molecule has 0 atom stereocenters. The van der Waals surface area contributed by atoms with Gasteiger partial charge in [-0.3, -0.25) is 4.79 Å². The molecule has 35 heavy (non-hydrogen) atoms. The van der Waals surface area contributed by atoms with Crippen molar-refractivity contribution in [2.45, 2.75) is 50.5 Å². The molecule has 0 spiro atoms. The SMILES string of the molecule is CCCCCCCNS(=O)(=O)c1ccc(-c2ccc3c(=O)c(C(=O)O)c(F)n(CCF)c3c2)cc1. The topological polar surface area (TPSA) is 105 Å². The minimum Gasteiger partial charge on any atom is -0.477 e. The maximum atomic E-state index is 14.7. The molecule has 0 aliphatic heterocycles. The van der Waals surface area contributed by atoms with Crippen LogP contribution < -0.4 is 10.2 Å². The molecule has 0 saturated heterocycles. The fourth-order valence-corrected chi connectivity index (χ4v) is 5.00. The van der Waals surface area contributed by atoms with Crippen molar-refractivity contribution in [1.29, 1.82) is 0 Å². The lowest BCUT2D eigenvalue weighted by Crippen LogP contribution is -2.24.